The second kappa shape index (κ2) is 7.59. The van der Waals surface area contributed by atoms with Crippen molar-refractivity contribution in [3.8, 4) is 12.3 Å². The summed E-state index contributed by atoms with van der Waals surface area (Å²) in [7, 11) is 0. The fourth-order valence-electron chi connectivity index (χ4n) is 2.50. The van der Waals surface area contributed by atoms with Gasteiger partial charge in [-0.2, -0.15) is 0 Å². The highest BCUT2D eigenvalue weighted by molar-refractivity contribution is 5.67. The number of piperidine rings is 1. The van der Waals surface area contributed by atoms with Gasteiger partial charge in [0.1, 0.15) is 6.61 Å². The molecule has 1 aliphatic rings. The molecular weight excluding hydrogens is 250 g/mol. The van der Waals surface area contributed by atoms with Gasteiger partial charge in [-0.1, -0.05) is 30.3 Å². The number of carbonyl (C=O) groups is 1. The summed E-state index contributed by atoms with van der Waals surface area (Å²) in [5, 5.41) is 0. The van der Waals surface area contributed by atoms with Crippen LogP contribution in [0.15, 0.2) is 30.3 Å². The average molecular weight is 271 g/mol. The summed E-state index contributed by atoms with van der Waals surface area (Å²) in [5.74, 6) is 3.34. The van der Waals surface area contributed by atoms with Gasteiger partial charge in [0.15, 0.2) is 0 Å². The molecule has 0 saturated carbocycles. The normalized spacial score (nSPS) is 15.7. The minimum Gasteiger partial charge on any atom is -0.445 e. The molecule has 1 saturated heterocycles. The van der Waals surface area contributed by atoms with Crippen LogP contribution >= 0.6 is 0 Å². The molecule has 1 heterocycles. The molecule has 3 heteroatoms. The van der Waals surface area contributed by atoms with Crippen LogP contribution in [0.1, 0.15) is 31.2 Å². The maximum absolute atomic E-state index is 12.0. The number of ether oxygens (including phenoxy) is 1. The number of hydrogen-bond donors (Lipinski definition) is 0. The van der Waals surface area contributed by atoms with Crippen LogP contribution in [0.25, 0.3) is 0 Å². The van der Waals surface area contributed by atoms with E-state index in [9.17, 15) is 4.79 Å². The highest BCUT2D eigenvalue weighted by Gasteiger charge is 2.23. The van der Waals surface area contributed by atoms with E-state index in [0.717, 1.165) is 44.3 Å². The van der Waals surface area contributed by atoms with E-state index in [-0.39, 0.29) is 6.09 Å². The van der Waals surface area contributed by atoms with Gasteiger partial charge >= 0.3 is 6.09 Å². The molecular formula is C17H21NO2. The van der Waals surface area contributed by atoms with Crippen LogP contribution in [0.5, 0.6) is 0 Å². The number of carbonyl (C=O) groups excluding carboxylic acids is 1. The molecule has 1 aliphatic heterocycles. The van der Waals surface area contributed by atoms with E-state index in [0.29, 0.717) is 12.5 Å². The Hall–Kier alpha value is -1.95. The molecule has 0 unspecified atom stereocenters. The van der Waals surface area contributed by atoms with Crippen LogP contribution in [0, 0.1) is 18.3 Å². The molecule has 0 radical (unpaired) electrons. The lowest BCUT2D eigenvalue weighted by molar-refractivity contribution is 0.0817. The van der Waals surface area contributed by atoms with Crippen molar-refractivity contribution in [2.45, 2.75) is 32.3 Å². The van der Waals surface area contributed by atoms with Crippen molar-refractivity contribution >= 4 is 6.09 Å². The zero-order valence-electron chi connectivity index (χ0n) is 11.8. The fourth-order valence-corrected chi connectivity index (χ4v) is 2.50. The Balaban J connectivity index is 1.71. The third-order valence-electron chi connectivity index (χ3n) is 3.77. The number of terminal acetylenes is 1. The van der Waals surface area contributed by atoms with Crippen molar-refractivity contribution in [2.24, 2.45) is 5.92 Å². The number of rotatable bonds is 4. The van der Waals surface area contributed by atoms with Gasteiger partial charge in [-0.3, -0.25) is 0 Å². The van der Waals surface area contributed by atoms with E-state index < -0.39 is 0 Å². The van der Waals surface area contributed by atoms with Crippen molar-refractivity contribution < 1.29 is 9.53 Å². The zero-order chi connectivity index (χ0) is 14.2. The van der Waals surface area contributed by atoms with Crippen LogP contribution in [0.2, 0.25) is 0 Å². The predicted octanol–water partition coefficient (Wildman–Crippen LogP) is 3.45. The Labute approximate surface area is 120 Å². The van der Waals surface area contributed by atoms with Crippen molar-refractivity contribution in [1.82, 2.24) is 4.90 Å². The topological polar surface area (TPSA) is 29.5 Å². The third-order valence-corrected chi connectivity index (χ3v) is 3.77. The lowest BCUT2D eigenvalue weighted by Gasteiger charge is -2.31. The van der Waals surface area contributed by atoms with E-state index in [1.165, 1.54) is 0 Å². The number of likely N-dealkylation sites (tertiary alicyclic amines) is 1. The highest BCUT2D eigenvalue weighted by atomic mass is 16.6. The summed E-state index contributed by atoms with van der Waals surface area (Å²) in [5.41, 5.74) is 1.02. The SMILES string of the molecule is C#CCCC1CCN(C(=O)OCc2ccccc2)CC1. The molecule has 0 aromatic heterocycles. The van der Waals surface area contributed by atoms with Crippen LogP contribution in [-0.4, -0.2) is 24.1 Å². The van der Waals surface area contributed by atoms with Crippen LogP contribution in [0.4, 0.5) is 4.79 Å². The molecule has 2 rings (SSSR count). The fraction of sp³-hybridized carbons (Fsp3) is 0.471. The van der Waals surface area contributed by atoms with Crippen molar-refractivity contribution in [3.05, 3.63) is 35.9 Å². The Bertz CT molecular complexity index is 456. The van der Waals surface area contributed by atoms with Crippen molar-refractivity contribution in [1.29, 1.82) is 0 Å². The second-order valence-electron chi connectivity index (χ2n) is 5.21. The van der Waals surface area contributed by atoms with Gasteiger partial charge in [0.05, 0.1) is 0 Å². The van der Waals surface area contributed by atoms with Gasteiger partial charge in [-0.15, -0.1) is 12.3 Å². The molecule has 0 bridgehead atoms. The molecule has 106 valence electrons. The van der Waals surface area contributed by atoms with E-state index in [4.69, 9.17) is 11.2 Å². The first-order chi connectivity index (χ1) is 9.79. The van der Waals surface area contributed by atoms with Crippen LogP contribution < -0.4 is 0 Å². The molecule has 0 N–H and O–H groups in total. The largest absolute Gasteiger partial charge is 0.445 e. The van der Waals surface area contributed by atoms with Crippen molar-refractivity contribution in [3.63, 3.8) is 0 Å². The molecule has 0 atom stereocenters. The lowest BCUT2D eigenvalue weighted by Crippen LogP contribution is -2.38. The number of hydrogen-bond acceptors (Lipinski definition) is 2. The van der Waals surface area contributed by atoms with Gasteiger partial charge < -0.3 is 9.64 Å². The molecule has 20 heavy (non-hydrogen) atoms. The second-order valence-corrected chi connectivity index (χ2v) is 5.21. The van der Waals surface area contributed by atoms with E-state index in [1.54, 1.807) is 4.90 Å². The first kappa shape index (κ1) is 14.5. The maximum Gasteiger partial charge on any atom is 0.410 e. The highest BCUT2D eigenvalue weighted by Crippen LogP contribution is 2.22. The van der Waals surface area contributed by atoms with Crippen molar-refractivity contribution in [2.75, 3.05) is 13.1 Å². The Morgan fingerprint density at radius 2 is 2.00 bits per heavy atom. The molecule has 3 nitrogen and oxygen atoms in total. The van der Waals surface area contributed by atoms with Crippen LogP contribution in [0.3, 0.4) is 0 Å². The molecule has 1 fully saturated rings. The van der Waals surface area contributed by atoms with Gasteiger partial charge in [0, 0.05) is 19.5 Å². The van der Waals surface area contributed by atoms with E-state index >= 15 is 0 Å². The minimum absolute atomic E-state index is 0.204. The number of amides is 1. The smallest absolute Gasteiger partial charge is 0.410 e. The van der Waals surface area contributed by atoms with Gasteiger partial charge in [0.25, 0.3) is 0 Å². The summed E-state index contributed by atoms with van der Waals surface area (Å²) in [4.78, 5) is 13.8. The van der Waals surface area contributed by atoms with Crippen LogP contribution in [-0.2, 0) is 11.3 Å². The standard InChI is InChI=1S/C17H21NO2/c1-2-3-7-15-10-12-18(13-11-15)17(19)20-14-16-8-5-4-6-9-16/h1,4-6,8-9,15H,3,7,10-14H2. The summed E-state index contributed by atoms with van der Waals surface area (Å²) >= 11 is 0. The number of benzene rings is 1. The summed E-state index contributed by atoms with van der Waals surface area (Å²) < 4.78 is 5.34. The quantitative estimate of drug-likeness (QED) is 0.785. The van der Waals surface area contributed by atoms with Gasteiger partial charge in [-0.25, -0.2) is 4.79 Å². The van der Waals surface area contributed by atoms with Gasteiger partial charge in [-0.05, 0) is 30.7 Å². The molecule has 1 aromatic carbocycles. The Kier molecular flexibility index (Phi) is 5.49. The summed E-state index contributed by atoms with van der Waals surface area (Å²) in [6.45, 7) is 1.91. The Morgan fingerprint density at radius 3 is 2.65 bits per heavy atom. The zero-order valence-corrected chi connectivity index (χ0v) is 11.8. The monoisotopic (exact) mass is 271 g/mol. The molecule has 0 aliphatic carbocycles. The van der Waals surface area contributed by atoms with E-state index in [2.05, 4.69) is 5.92 Å². The average Bonchev–Trinajstić information content (AvgIpc) is 2.52. The molecule has 0 spiro atoms. The lowest BCUT2D eigenvalue weighted by atomic mass is 9.92. The predicted molar refractivity (Wildman–Crippen MR) is 79.0 cm³/mol. The summed E-state index contributed by atoms with van der Waals surface area (Å²) in [6, 6.07) is 9.76. The summed E-state index contributed by atoms with van der Waals surface area (Å²) in [6.07, 6.45) is 9.05. The first-order valence-corrected chi connectivity index (χ1v) is 7.18. The Morgan fingerprint density at radius 1 is 1.30 bits per heavy atom. The third kappa shape index (κ3) is 4.31. The van der Waals surface area contributed by atoms with Gasteiger partial charge in [0.2, 0.25) is 0 Å². The first-order valence-electron chi connectivity index (χ1n) is 7.18. The molecule has 1 amide bonds. The number of nitrogens with zero attached hydrogens (tertiary/aromatic N) is 1. The maximum atomic E-state index is 12.0. The minimum atomic E-state index is -0.204. The molecule has 1 aromatic rings. The van der Waals surface area contributed by atoms with E-state index in [1.807, 2.05) is 30.3 Å².